The standard InChI is InChI=1S/C16H18FN5OS/c1-16(5-8-24-15(18)21-16)11-9-10(3-4-12(11)17)20-14(23)13-19-6-7-22(13)2/h3-4,6-7,9H,5,8H2,1-2H3,(H2,18,21)(H,20,23). The van der Waals surface area contributed by atoms with Crippen molar-refractivity contribution in [2.75, 3.05) is 11.1 Å². The van der Waals surface area contributed by atoms with Crippen molar-refractivity contribution in [3.05, 3.63) is 47.8 Å². The number of benzene rings is 1. The summed E-state index contributed by atoms with van der Waals surface area (Å²) in [6.07, 6.45) is 3.90. The molecular weight excluding hydrogens is 329 g/mol. The summed E-state index contributed by atoms with van der Waals surface area (Å²) in [7, 11) is 1.73. The highest BCUT2D eigenvalue weighted by Gasteiger charge is 2.32. The van der Waals surface area contributed by atoms with Gasteiger partial charge in [0.2, 0.25) is 0 Å². The van der Waals surface area contributed by atoms with E-state index in [1.54, 1.807) is 30.1 Å². The molecule has 2 aromatic rings. The summed E-state index contributed by atoms with van der Waals surface area (Å²) in [5.74, 6) is 0.335. The van der Waals surface area contributed by atoms with E-state index in [9.17, 15) is 9.18 Å². The number of halogens is 1. The third-order valence-corrected chi connectivity index (χ3v) is 4.82. The molecule has 24 heavy (non-hydrogen) atoms. The molecule has 0 aliphatic carbocycles. The van der Waals surface area contributed by atoms with Gasteiger partial charge in [-0.2, -0.15) is 0 Å². The number of nitrogens with one attached hydrogen (secondary N) is 1. The molecule has 0 spiro atoms. The van der Waals surface area contributed by atoms with E-state index in [0.29, 0.717) is 22.8 Å². The van der Waals surface area contributed by atoms with Crippen molar-refractivity contribution in [2.45, 2.75) is 18.9 Å². The Morgan fingerprint density at radius 3 is 2.96 bits per heavy atom. The molecule has 2 heterocycles. The van der Waals surface area contributed by atoms with Crippen LogP contribution in [0.25, 0.3) is 0 Å². The van der Waals surface area contributed by atoms with E-state index in [-0.39, 0.29) is 17.5 Å². The lowest BCUT2D eigenvalue weighted by atomic mass is 9.89. The second kappa shape index (κ2) is 6.27. The zero-order chi connectivity index (χ0) is 17.3. The minimum atomic E-state index is -0.733. The number of amidine groups is 1. The van der Waals surface area contributed by atoms with Crippen LogP contribution in [0.1, 0.15) is 29.5 Å². The minimum absolute atomic E-state index is 0.281. The van der Waals surface area contributed by atoms with Gasteiger partial charge in [-0.15, -0.1) is 0 Å². The fourth-order valence-electron chi connectivity index (χ4n) is 2.67. The number of aryl methyl sites for hydroxylation is 1. The first-order valence-electron chi connectivity index (χ1n) is 7.46. The largest absolute Gasteiger partial charge is 0.379 e. The summed E-state index contributed by atoms with van der Waals surface area (Å²) < 4.78 is 16.0. The molecule has 1 aromatic heterocycles. The number of imidazole rings is 1. The number of carbonyl (C=O) groups excluding carboxylic acids is 1. The maximum Gasteiger partial charge on any atom is 0.291 e. The van der Waals surface area contributed by atoms with Gasteiger partial charge in [-0.1, -0.05) is 11.8 Å². The molecule has 0 saturated carbocycles. The summed E-state index contributed by atoms with van der Waals surface area (Å²) in [5, 5.41) is 3.20. The molecule has 1 amide bonds. The second-order valence-electron chi connectivity index (χ2n) is 5.83. The molecule has 0 saturated heterocycles. The lowest BCUT2D eigenvalue weighted by Gasteiger charge is -2.30. The fraction of sp³-hybridized carbons (Fsp3) is 0.312. The van der Waals surface area contributed by atoms with Crippen LogP contribution >= 0.6 is 11.8 Å². The van der Waals surface area contributed by atoms with Crippen LogP contribution in [-0.2, 0) is 12.6 Å². The van der Waals surface area contributed by atoms with Gasteiger partial charge in [0.1, 0.15) is 5.82 Å². The number of aliphatic imine (C=N–C) groups is 1. The predicted octanol–water partition coefficient (Wildman–Crippen LogP) is 2.48. The van der Waals surface area contributed by atoms with Gasteiger partial charge >= 0.3 is 0 Å². The second-order valence-corrected chi connectivity index (χ2v) is 6.95. The lowest BCUT2D eigenvalue weighted by molar-refractivity contribution is 0.101. The SMILES string of the molecule is Cn1ccnc1C(=O)Nc1ccc(F)c(C2(C)CCSC(N)=N2)c1. The van der Waals surface area contributed by atoms with Gasteiger partial charge in [0.15, 0.2) is 11.0 Å². The average molecular weight is 347 g/mol. The molecule has 1 aliphatic heterocycles. The van der Waals surface area contributed by atoms with Crippen molar-refractivity contribution in [1.29, 1.82) is 0 Å². The molecule has 8 heteroatoms. The molecule has 1 unspecified atom stereocenters. The maximum atomic E-state index is 14.4. The highest BCUT2D eigenvalue weighted by atomic mass is 32.2. The van der Waals surface area contributed by atoms with Crippen molar-refractivity contribution in [3.8, 4) is 0 Å². The topological polar surface area (TPSA) is 85.3 Å². The van der Waals surface area contributed by atoms with Crippen LogP contribution in [0.15, 0.2) is 35.6 Å². The maximum absolute atomic E-state index is 14.4. The minimum Gasteiger partial charge on any atom is -0.379 e. The highest BCUT2D eigenvalue weighted by molar-refractivity contribution is 8.13. The third-order valence-electron chi connectivity index (χ3n) is 4.02. The molecular formula is C16H18FN5OS. The quantitative estimate of drug-likeness (QED) is 0.893. The van der Waals surface area contributed by atoms with Gasteiger partial charge in [-0.25, -0.2) is 9.37 Å². The lowest BCUT2D eigenvalue weighted by Crippen LogP contribution is -2.30. The van der Waals surface area contributed by atoms with Gasteiger partial charge in [0.25, 0.3) is 5.91 Å². The fourth-order valence-corrected chi connectivity index (χ4v) is 3.64. The number of thioether (sulfide) groups is 1. The van der Waals surface area contributed by atoms with E-state index in [2.05, 4.69) is 15.3 Å². The van der Waals surface area contributed by atoms with Crippen LogP contribution in [0.5, 0.6) is 0 Å². The van der Waals surface area contributed by atoms with Gasteiger partial charge in [-0.05, 0) is 31.5 Å². The number of nitrogens with zero attached hydrogens (tertiary/aromatic N) is 3. The summed E-state index contributed by atoms with van der Waals surface area (Å²) in [4.78, 5) is 20.7. The average Bonchev–Trinajstić information content (AvgIpc) is 2.95. The van der Waals surface area contributed by atoms with Crippen LogP contribution in [0.3, 0.4) is 0 Å². The Balaban J connectivity index is 1.91. The van der Waals surface area contributed by atoms with Gasteiger partial charge in [0, 0.05) is 36.4 Å². The molecule has 3 N–H and O–H groups in total. The smallest absolute Gasteiger partial charge is 0.291 e. The zero-order valence-corrected chi connectivity index (χ0v) is 14.2. The normalized spacial score (nSPS) is 20.5. The van der Waals surface area contributed by atoms with Crippen LogP contribution in [0.4, 0.5) is 10.1 Å². The summed E-state index contributed by atoms with van der Waals surface area (Å²) in [6.45, 7) is 1.85. The monoisotopic (exact) mass is 347 g/mol. The van der Waals surface area contributed by atoms with Gasteiger partial charge in [0.05, 0.1) is 5.54 Å². The molecule has 3 rings (SSSR count). The number of anilines is 1. The summed E-state index contributed by atoms with van der Waals surface area (Å²) in [6, 6.07) is 4.47. The number of nitrogens with two attached hydrogens (primary N) is 1. The molecule has 0 bridgehead atoms. The van der Waals surface area contributed by atoms with Gasteiger partial charge in [-0.3, -0.25) is 9.79 Å². The number of hydrogen-bond donors (Lipinski definition) is 2. The first kappa shape index (κ1) is 16.5. The van der Waals surface area contributed by atoms with Crippen molar-refractivity contribution in [3.63, 3.8) is 0 Å². The third kappa shape index (κ3) is 3.14. The van der Waals surface area contributed by atoms with E-state index in [1.165, 1.54) is 23.9 Å². The van der Waals surface area contributed by atoms with Crippen molar-refractivity contribution < 1.29 is 9.18 Å². The van der Waals surface area contributed by atoms with Crippen LogP contribution in [-0.4, -0.2) is 26.4 Å². The molecule has 1 aromatic carbocycles. The van der Waals surface area contributed by atoms with Crippen LogP contribution < -0.4 is 11.1 Å². The molecule has 0 fully saturated rings. The Bertz CT molecular complexity index is 819. The van der Waals surface area contributed by atoms with Gasteiger partial charge < -0.3 is 15.6 Å². The predicted molar refractivity (Wildman–Crippen MR) is 93.6 cm³/mol. The summed E-state index contributed by atoms with van der Waals surface area (Å²) >= 11 is 1.46. The first-order chi connectivity index (χ1) is 11.4. The number of hydrogen-bond acceptors (Lipinski definition) is 5. The van der Waals surface area contributed by atoms with Crippen LogP contribution in [0, 0.1) is 5.82 Å². The van der Waals surface area contributed by atoms with Crippen LogP contribution in [0.2, 0.25) is 0 Å². The molecule has 6 nitrogen and oxygen atoms in total. The number of carbonyl (C=O) groups is 1. The Morgan fingerprint density at radius 1 is 1.50 bits per heavy atom. The molecule has 1 atom stereocenters. The highest BCUT2D eigenvalue weighted by Crippen LogP contribution is 2.37. The number of amides is 1. The van der Waals surface area contributed by atoms with E-state index in [0.717, 1.165) is 5.75 Å². The zero-order valence-electron chi connectivity index (χ0n) is 13.4. The number of aromatic nitrogens is 2. The van der Waals surface area contributed by atoms with E-state index >= 15 is 0 Å². The Hall–Kier alpha value is -2.35. The van der Waals surface area contributed by atoms with Crippen molar-refractivity contribution in [1.82, 2.24) is 9.55 Å². The molecule has 1 aliphatic rings. The molecule has 126 valence electrons. The van der Waals surface area contributed by atoms with Crippen molar-refractivity contribution in [2.24, 2.45) is 17.8 Å². The van der Waals surface area contributed by atoms with E-state index < -0.39 is 5.54 Å². The van der Waals surface area contributed by atoms with Crippen molar-refractivity contribution >= 4 is 28.5 Å². The van der Waals surface area contributed by atoms with E-state index in [1.807, 2.05) is 6.92 Å². The summed E-state index contributed by atoms with van der Waals surface area (Å²) in [5.41, 5.74) is 5.99. The number of rotatable bonds is 3. The Morgan fingerprint density at radius 2 is 2.29 bits per heavy atom. The Kier molecular flexibility index (Phi) is 4.31. The first-order valence-corrected chi connectivity index (χ1v) is 8.44. The Labute approximate surface area is 143 Å². The van der Waals surface area contributed by atoms with E-state index in [4.69, 9.17) is 5.73 Å². The molecule has 0 radical (unpaired) electrons.